The predicted molar refractivity (Wildman–Crippen MR) is 112 cm³/mol. The molecular formula is C23H22FN3O4. The minimum Gasteiger partial charge on any atom is -0.408 e. The van der Waals surface area contributed by atoms with Crippen LogP contribution in [-0.4, -0.2) is 35.0 Å². The van der Waals surface area contributed by atoms with E-state index in [0.29, 0.717) is 35.8 Å². The summed E-state index contributed by atoms with van der Waals surface area (Å²) in [5.41, 5.74) is 6.43. The number of aromatic amines is 1. The van der Waals surface area contributed by atoms with Crippen molar-refractivity contribution in [2.75, 3.05) is 13.1 Å². The van der Waals surface area contributed by atoms with Crippen molar-refractivity contribution in [3.63, 3.8) is 0 Å². The molecule has 0 bridgehead atoms. The number of rotatable bonds is 4. The number of H-pyrrole nitrogens is 1. The second kappa shape index (κ2) is 8.03. The second-order valence-electron chi connectivity index (χ2n) is 8.05. The molecule has 1 fully saturated rings. The van der Waals surface area contributed by atoms with E-state index in [1.807, 2.05) is 23.1 Å². The third-order valence-corrected chi connectivity index (χ3v) is 5.95. The zero-order valence-corrected chi connectivity index (χ0v) is 16.8. The largest absolute Gasteiger partial charge is 0.417 e. The summed E-state index contributed by atoms with van der Waals surface area (Å²) in [6.45, 7) is 1.35. The fraction of sp³-hybridized carbons (Fsp3) is 0.304. The van der Waals surface area contributed by atoms with Gasteiger partial charge in [0.25, 0.3) is 5.91 Å². The van der Waals surface area contributed by atoms with E-state index in [4.69, 9.17) is 9.25 Å². The Morgan fingerprint density at radius 3 is 2.68 bits per heavy atom. The van der Waals surface area contributed by atoms with Gasteiger partial charge in [-0.3, -0.25) is 20.1 Å². The number of hydrogen-bond donors (Lipinski definition) is 2. The number of amides is 1. The second-order valence-corrected chi connectivity index (χ2v) is 8.05. The van der Waals surface area contributed by atoms with E-state index >= 15 is 0 Å². The van der Waals surface area contributed by atoms with Gasteiger partial charge in [-0.2, -0.15) is 0 Å². The van der Waals surface area contributed by atoms with Crippen LogP contribution in [0.2, 0.25) is 0 Å². The molecule has 3 aromatic rings. The zero-order valence-electron chi connectivity index (χ0n) is 16.8. The quantitative estimate of drug-likeness (QED) is 0.674. The van der Waals surface area contributed by atoms with Gasteiger partial charge in [0.05, 0.1) is 11.2 Å². The van der Waals surface area contributed by atoms with Crippen LogP contribution in [0.4, 0.5) is 4.39 Å². The Kier molecular flexibility index (Phi) is 5.07. The Morgan fingerprint density at radius 1 is 1.13 bits per heavy atom. The minimum atomic E-state index is -0.697. The highest BCUT2D eigenvalue weighted by Gasteiger charge is 2.31. The number of halogens is 1. The lowest BCUT2D eigenvalue weighted by Crippen LogP contribution is -2.44. The number of likely N-dealkylation sites (tertiary alicyclic amines) is 1. The summed E-state index contributed by atoms with van der Waals surface area (Å²) in [5.74, 6) is -0.324. The van der Waals surface area contributed by atoms with Gasteiger partial charge in [0.15, 0.2) is 11.7 Å². The summed E-state index contributed by atoms with van der Waals surface area (Å²) < 4.78 is 18.2. The third-order valence-electron chi connectivity index (χ3n) is 5.95. The van der Waals surface area contributed by atoms with E-state index in [1.165, 1.54) is 12.1 Å². The number of hydroxylamine groups is 1. The molecule has 160 valence electrons. The van der Waals surface area contributed by atoms with Gasteiger partial charge < -0.3 is 9.32 Å². The van der Waals surface area contributed by atoms with E-state index in [1.54, 1.807) is 18.2 Å². The highest BCUT2D eigenvalue weighted by molar-refractivity contribution is 5.87. The molecule has 1 aromatic heterocycles. The van der Waals surface area contributed by atoms with Crippen molar-refractivity contribution in [1.29, 1.82) is 0 Å². The smallest absolute Gasteiger partial charge is 0.408 e. The molecule has 0 saturated carbocycles. The first-order valence-corrected chi connectivity index (χ1v) is 10.3. The number of oxazole rings is 1. The van der Waals surface area contributed by atoms with Gasteiger partial charge in [0, 0.05) is 18.7 Å². The van der Waals surface area contributed by atoms with Crippen LogP contribution in [0.1, 0.15) is 24.0 Å². The molecule has 2 aliphatic rings. The maximum Gasteiger partial charge on any atom is 0.417 e. The molecule has 0 radical (unpaired) electrons. The van der Waals surface area contributed by atoms with Crippen molar-refractivity contribution >= 4 is 22.7 Å². The molecule has 1 saturated heterocycles. The van der Waals surface area contributed by atoms with Crippen molar-refractivity contribution in [1.82, 2.24) is 15.4 Å². The molecule has 2 aliphatic heterocycles. The number of nitrogens with one attached hydrogen (secondary N) is 2. The molecule has 2 N–H and O–H groups in total. The monoisotopic (exact) mass is 423 g/mol. The van der Waals surface area contributed by atoms with E-state index in [-0.39, 0.29) is 11.7 Å². The summed E-state index contributed by atoms with van der Waals surface area (Å²) in [4.78, 5) is 34.2. The van der Waals surface area contributed by atoms with Gasteiger partial charge in [-0.15, -0.1) is 0 Å². The molecule has 1 atom stereocenters. The molecule has 0 spiro atoms. The molecule has 1 unspecified atom stereocenters. The summed E-state index contributed by atoms with van der Waals surface area (Å²) in [6.07, 6.45) is 3.76. The first-order valence-electron chi connectivity index (χ1n) is 10.3. The van der Waals surface area contributed by atoms with Crippen LogP contribution in [0, 0.1) is 11.7 Å². The SMILES string of the molecule is O=C(C1C=C(c2ccc3[nH]c(=O)oc3c2)NO1)N1CCC(Cc2ccc(F)cc2)CC1. The Hall–Kier alpha value is -3.39. The number of nitrogens with zero attached hydrogens (tertiary/aromatic N) is 1. The minimum absolute atomic E-state index is 0.0722. The number of aromatic nitrogens is 1. The lowest BCUT2D eigenvalue weighted by molar-refractivity contribution is -0.143. The standard InChI is InChI=1S/C23H22FN3O4/c24-17-4-1-14(2-5-17)11-15-7-9-27(10-8-15)22(28)21-13-19(26-31-21)16-3-6-18-20(12-16)30-23(29)25-18/h1-6,12-13,15,21,26H,7-11H2,(H,25,29). The van der Waals surface area contributed by atoms with Crippen molar-refractivity contribution in [3.8, 4) is 0 Å². The fourth-order valence-electron chi connectivity index (χ4n) is 4.23. The molecule has 0 aliphatic carbocycles. The summed E-state index contributed by atoms with van der Waals surface area (Å²) >= 11 is 0. The van der Waals surface area contributed by atoms with Crippen LogP contribution in [0.25, 0.3) is 16.8 Å². The summed E-state index contributed by atoms with van der Waals surface area (Å²) in [7, 11) is 0. The van der Waals surface area contributed by atoms with E-state index in [0.717, 1.165) is 30.4 Å². The first kappa shape index (κ1) is 19.6. The maximum atomic E-state index is 13.1. The Labute approximate surface area is 177 Å². The maximum absolute atomic E-state index is 13.1. The van der Waals surface area contributed by atoms with Crippen LogP contribution in [-0.2, 0) is 16.1 Å². The lowest BCUT2D eigenvalue weighted by atomic mass is 9.90. The van der Waals surface area contributed by atoms with Gasteiger partial charge in [0.2, 0.25) is 0 Å². The molecule has 5 rings (SSSR count). The van der Waals surface area contributed by atoms with Crippen molar-refractivity contribution < 1.29 is 18.4 Å². The van der Waals surface area contributed by atoms with Crippen LogP contribution in [0.3, 0.4) is 0 Å². The zero-order chi connectivity index (χ0) is 21.4. The van der Waals surface area contributed by atoms with Crippen LogP contribution in [0.5, 0.6) is 0 Å². The van der Waals surface area contributed by atoms with Crippen LogP contribution < -0.4 is 11.2 Å². The van der Waals surface area contributed by atoms with Crippen molar-refractivity contribution in [2.24, 2.45) is 5.92 Å². The van der Waals surface area contributed by atoms with Crippen LogP contribution in [0.15, 0.2) is 57.8 Å². The van der Waals surface area contributed by atoms with Gasteiger partial charge >= 0.3 is 5.76 Å². The molecule has 2 aromatic carbocycles. The normalized spacial score (nSPS) is 19.5. The highest BCUT2D eigenvalue weighted by atomic mass is 19.1. The highest BCUT2D eigenvalue weighted by Crippen LogP contribution is 2.26. The van der Waals surface area contributed by atoms with Gasteiger partial charge in [-0.1, -0.05) is 18.2 Å². The number of carbonyl (C=O) groups is 1. The number of hydrogen-bond acceptors (Lipinski definition) is 5. The molecular weight excluding hydrogens is 401 g/mol. The van der Waals surface area contributed by atoms with Gasteiger partial charge in [-0.25, -0.2) is 9.18 Å². The van der Waals surface area contributed by atoms with Gasteiger partial charge in [0.1, 0.15) is 5.82 Å². The Bertz CT molecular complexity index is 1190. The number of piperidine rings is 1. The van der Waals surface area contributed by atoms with Crippen molar-refractivity contribution in [2.45, 2.75) is 25.4 Å². The average Bonchev–Trinajstić information content (AvgIpc) is 3.41. The topological polar surface area (TPSA) is 87.6 Å². The van der Waals surface area contributed by atoms with E-state index < -0.39 is 11.9 Å². The van der Waals surface area contributed by atoms with Gasteiger partial charge in [-0.05, 0) is 61.1 Å². The third kappa shape index (κ3) is 4.11. The molecule has 7 nitrogen and oxygen atoms in total. The molecule has 3 heterocycles. The summed E-state index contributed by atoms with van der Waals surface area (Å²) in [5, 5.41) is 0. The number of benzene rings is 2. The van der Waals surface area contributed by atoms with E-state index in [2.05, 4.69) is 10.5 Å². The molecule has 1 amide bonds. The van der Waals surface area contributed by atoms with Crippen molar-refractivity contribution in [3.05, 3.63) is 76.0 Å². The number of fused-ring (bicyclic) bond motifs is 1. The Morgan fingerprint density at radius 2 is 1.90 bits per heavy atom. The fourth-order valence-corrected chi connectivity index (χ4v) is 4.23. The van der Waals surface area contributed by atoms with E-state index in [9.17, 15) is 14.0 Å². The summed E-state index contributed by atoms with van der Waals surface area (Å²) in [6, 6.07) is 11.9. The molecule has 31 heavy (non-hydrogen) atoms. The average molecular weight is 423 g/mol. The molecule has 8 heteroatoms. The predicted octanol–water partition coefficient (Wildman–Crippen LogP) is 2.99. The lowest BCUT2D eigenvalue weighted by Gasteiger charge is -2.33. The number of carbonyl (C=O) groups excluding carboxylic acids is 1. The Balaban J connectivity index is 1.20. The first-order chi connectivity index (χ1) is 15.0. The van der Waals surface area contributed by atoms with Crippen LogP contribution >= 0.6 is 0 Å².